The lowest BCUT2D eigenvalue weighted by Crippen LogP contribution is -2.29. The number of hydrogen-bond donors (Lipinski definition) is 0. The first kappa shape index (κ1) is 18.4. The predicted octanol–water partition coefficient (Wildman–Crippen LogP) is 3.11. The first-order valence-corrected chi connectivity index (χ1v) is 9.30. The fourth-order valence-electron chi connectivity index (χ4n) is 3.65. The Balaban J connectivity index is 1.52. The number of methoxy groups -OCH3 is 1. The third-order valence-corrected chi connectivity index (χ3v) is 5.12. The van der Waals surface area contributed by atoms with Crippen molar-refractivity contribution in [2.75, 3.05) is 38.3 Å². The van der Waals surface area contributed by atoms with Gasteiger partial charge >= 0.3 is 0 Å². The summed E-state index contributed by atoms with van der Waals surface area (Å²) >= 11 is 0. The number of likely N-dealkylation sites (tertiary alicyclic amines) is 1. The average molecular weight is 384 g/mol. The van der Waals surface area contributed by atoms with Crippen LogP contribution in [0.2, 0.25) is 0 Å². The van der Waals surface area contributed by atoms with Gasteiger partial charge in [0, 0.05) is 12.6 Å². The lowest BCUT2D eigenvalue weighted by Gasteiger charge is -2.18. The average Bonchev–Trinajstić information content (AvgIpc) is 3.29. The molecule has 0 atom stereocenters. The fraction of sp³-hybridized carbons (Fsp3) is 0.333. The number of nitrogens with zero attached hydrogens (tertiary/aromatic N) is 2. The van der Waals surface area contributed by atoms with Crippen molar-refractivity contribution in [3.63, 3.8) is 0 Å². The molecule has 0 aliphatic carbocycles. The van der Waals surface area contributed by atoms with Crippen molar-refractivity contribution in [1.29, 1.82) is 0 Å². The van der Waals surface area contributed by atoms with Gasteiger partial charge in [-0.3, -0.25) is 14.5 Å². The Morgan fingerprint density at radius 3 is 2.46 bits per heavy atom. The summed E-state index contributed by atoms with van der Waals surface area (Å²) in [5.74, 6) is -0.607. The number of halogens is 1. The van der Waals surface area contributed by atoms with Gasteiger partial charge in [0.1, 0.15) is 12.4 Å². The summed E-state index contributed by atoms with van der Waals surface area (Å²) in [5.41, 5.74) is 0.613. The summed E-state index contributed by atoms with van der Waals surface area (Å²) in [6.07, 6.45) is 2.45. The molecule has 0 aromatic heterocycles. The summed E-state index contributed by atoms with van der Waals surface area (Å²) in [6.45, 7) is 3.57. The van der Waals surface area contributed by atoms with Gasteiger partial charge in [0.05, 0.1) is 23.9 Å². The lowest BCUT2D eigenvalue weighted by atomic mass is 10.1. The molecular formula is C21H21FN2O4. The van der Waals surface area contributed by atoms with Crippen molar-refractivity contribution in [3.05, 3.63) is 53.3 Å². The van der Waals surface area contributed by atoms with Crippen LogP contribution in [0.15, 0.2) is 36.4 Å². The molecule has 0 N–H and O–H groups in total. The van der Waals surface area contributed by atoms with Crippen LogP contribution in [-0.2, 0) is 0 Å². The van der Waals surface area contributed by atoms with Crippen molar-refractivity contribution in [1.82, 2.24) is 4.90 Å². The summed E-state index contributed by atoms with van der Waals surface area (Å²) < 4.78 is 24.7. The molecule has 2 heterocycles. The molecule has 1 fully saturated rings. The normalized spacial score (nSPS) is 16.6. The maximum atomic E-state index is 13.5. The van der Waals surface area contributed by atoms with E-state index in [0.29, 0.717) is 23.8 Å². The maximum Gasteiger partial charge on any atom is 0.266 e. The van der Waals surface area contributed by atoms with Crippen LogP contribution in [0.25, 0.3) is 0 Å². The second kappa shape index (κ2) is 7.59. The van der Waals surface area contributed by atoms with Gasteiger partial charge in [-0.1, -0.05) is 0 Å². The second-order valence-electron chi connectivity index (χ2n) is 6.87. The lowest BCUT2D eigenvalue weighted by molar-refractivity contribution is 0.0926. The third-order valence-electron chi connectivity index (χ3n) is 5.12. The van der Waals surface area contributed by atoms with Crippen molar-refractivity contribution in [3.8, 4) is 11.5 Å². The topological polar surface area (TPSA) is 59.1 Å². The Morgan fingerprint density at radius 2 is 1.71 bits per heavy atom. The van der Waals surface area contributed by atoms with Crippen LogP contribution in [0.4, 0.5) is 10.1 Å². The molecule has 0 radical (unpaired) electrons. The minimum absolute atomic E-state index is 0.0647. The quantitative estimate of drug-likeness (QED) is 0.717. The van der Waals surface area contributed by atoms with Gasteiger partial charge in [-0.15, -0.1) is 0 Å². The van der Waals surface area contributed by atoms with Crippen molar-refractivity contribution in [2.24, 2.45) is 0 Å². The number of rotatable bonds is 6. The monoisotopic (exact) mass is 384 g/mol. The Kier molecular flexibility index (Phi) is 5.00. The molecule has 2 aliphatic rings. The molecular weight excluding hydrogens is 363 g/mol. The molecule has 1 saturated heterocycles. The Bertz CT molecular complexity index is 925. The molecule has 0 bridgehead atoms. The Labute approximate surface area is 162 Å². The van der Waals surface area contributed by atoms with E-state index in [1.54, 1.807) is 18.2 Å². The van der Waals surface area contributed by atoms with Gasteiger partial charge in [0.15, 0.2) is 11.5 Å². The number of fused-ring (bicyclic) bond motifs is 1. The molecule has 28 heavy (non-hydrogen) atoms. The maximum absolute atomic E-state index is 13.5. The van der Waals surface area contributed by atoms with Crippen LogP contribution in [0.1, 0.15) is 33.6 Å². The van der Waals surface area contributed by atoms with E-state index >= 15 is 0 Å². The van der Waals surface area contributed by atoms with Crippen LogP contribution >= 0.6 is 0 Å². The number of imide groups is 1. The number of carbonyl (C=O) groups is 2. The van der Waals surface area contributed by atoms with Crippen LogP contribution in [0.5, 0.6) is 11.5 Å². The van der Waals surface area contributed by atoms with E-state index in [4.69, 9.17) is 9.47 Å². The van der Waals surface area contributed by atoms with Gasteiger partial charge in [-0.2, -0.15) is 0 Å². The molecule has 2 aromatic rings. The first-order chi connectivity index (χ1) is 13.6. The minimum Gasteiger partial charge on any atom is -0.493 e. The highest BCUT2D eigenvalue weighted by Crippen LogP contribution is 2.35. The number of carbonyl (C=O) groups excluding carboxylic acids is 2. The zero-order valence-corrected chi connectivity index (χ0v) is 15.6. The Hall–Kier alpha value is -2.93. The highest BCUT2D eigenvalue weighted by Gasteiger charge is 2.37. The van der Waals surface area contributed by atoms with Crippen molar-refractivity contribution in [2.45, 2.75) is 12.8 Å². The van der Waals surface area contributed by atoms with Gasteiger partial charge < -0.3 is 9.47 Å². The number of benzene rings is 2. The van der Waals surface area contributed by atoms with E-state index in [-0.39, 0.29) is 11.1 Å². The number of amides is 2. The van der Waals surface area contributed by atoms with E-state index in [9.17, 15) is 14.0 Å². The van der Waals surface area contributed by atoms with Gasteiger partial charge in [0.25, 0.3) is 11.8 Å². The minimum atomic E-state index is -0.555. The highest BCUT2D eigenvalue weighted by atomic mass is 19.1. The summed E-state index contributed by atoms with van der Waals surface area (Å²) in [7, 11) is 1.50. The van der Waals surface area contributed by atoms with Gasteiger partial charge in [-0.25, -0.2) is 9.29 Å². The van der Waals surface area contributed by atoms with Gasteiger partial charge in [-0.05, 0) is 56.3 Å². The van der Waals surface area contributed by atoms with Crippen LogP contribution < -0.4 is 14.4 Å². The molecule has 2 amide bonds. The molecule has 2 aromatic carbocycles. The van der Waals surface area contributed by atoms with Crippen LogP contribution in [-0.4, -0.2) is 50.1 Å². The van der Waals surface area contributed by atoms with Crippen molar-refractivity contribution >= 4 is 17.5 Å². The molecule has 0 spiro atoms. The van der Waals surface area contributed by atoms with E-state index in [0.717, 1.165) is 30.6 Å². The first-order valence-electron chi connectivity index (χ1n) is 9.30. The number of anilines is 1. The Morgan fingerprint density at radius 1 is 0.964 bits per heavy atom. The number of ether oxygens (including phenoxy) is 2. The van der Waals surface area contributed by atoms with E-state index in [1.165, 1.54) is 32.1 Å². The van der Waals surface area contributed by atoms with Crippen LogP contribution in [0, 0.1) is 5.82 Å². The largest absolute Gasteiger partial charge is 0.493 e. The summed E-state index contributed by atoms with van der Waals surface area (Å²) in [4.78, 5) is 28.6. The molecule has 2 aliphatic heterocycles. The second-order valence-corrected chi connectivity index (χ2v) is 6.87. The zero-order chi connectivity index (χ0) is 19.7. The van der Waals surface area contributed by atoms with Crippen LogP contribution in [0.3, 0.4) is 0 Å². The van der Waals surface area contributed by atoms with Gasteiger partial charge in [0.2, 0.25) is 0 Å². The molecule has 7 heteroatoms. The van der Waals surface area contributed by atoms with E-state index in [2.05, 4.69) is 4.90 Å². The highest BCUT2D eigenvalue weighted by molar-refractivity contribution is 6.34. The molecule has 0 saturated carbocycles. The molecule has 6 nitrogen and oxygen atoms in total. The van der Waals surface area contributed by atoms with E-state index in [1.807, 2.05) is 0 Å². The summed E-state index contributed by atoms with van der Waals surface area (Å²) in [5, 5.41) is 0. The number of hydrogen-bond acceptors (Lipinski definition) is 5. The molecule has 4 rings (SSSR count). The van der Waals surface area contributed by atoms with Crippen molar-refractivity contribution < 1.29 is 23.5 Å². The SMILES string of the molecule is COc1cc(N2C(=O)c3ccc(F)cc3C2=O)ccc1OCCN1CCCC1. The zero-order valence-electron chi connectivity index (χ0n) is 15.6. The predicted molar refractivity (Wildman–Crippen MR) is 102 cm³/mol. The third kappa shape index (κ3) is 3.33. The standard InChI is InChI=1S/C21H21FN2O4/c1-27-19-13-15(5-7-18(19)28-11-10-23-8-2-3-9-23)24-20(25)16-6-4-14(22)12-17(16)21(24)26/h4-7,12-13H,2-3,8-11H2,1H3. The smallest absolute Gasteiger partial charge is 0.266 e. The van der Waals surface area contributed by atoms with E-state index < -0.39 is 17.6 Å². The molecule has 0 unspecified atom stereocenters. The summed E-state index contributed by atoms with van der Waals surface area (Å²) in [6, 6.07) is 8.49. The fourth-order valence-corrected chi connectivity index (χ4v) is 3.65. The molecule has 146 valence electrons.